The number of aromatic nitrogens is 2. The smallest absolute Gasteiger partial charge is 0.269 e. The molecule has 0 atom stereocenters. The molecule has 2 aromatic carbocycles. The van der Waals surface area contributed by atoms with Crippen LogP contribution in [0.2, 0.25) is 0 Å². The lowest BCUT2D eigenvalue weighted by Crippen LogP contribution is -2.50. The van der Waals surface area contributed by atoms with Crippen molar-refractivity contribution in [1.29, 1.82) is 0 Å². The molecule has 0 bridgehead atoms. The molecule has 1 fully saturated rings. The Morgan fingerprint density at radius 1 is 0.812 bits per heavy atom. The molecule has 32 heavy (non-hydrogen) atoms. The van der Waals surface area contributed by atoms with Crippen molar-refractivity contribution in [1.82, 2.24) is 19.6 Å². The monoisotopic (exact) mass is 440 g/mol. The highest BCUT2D eigenvalue weighted by molar-refractivity contribution is 5.96. The zero-order chi connectivity index (χ0) is 22.8. The van der Waals surface area contributed by atoms with Crippen LogP contribution < -0.4 is 11.1 Å². The van der Waals surface area contributed by atoms with Gasteiger partial charge in [-0.05, 0) is 30.3 Å². The van der Waals surface area contributed by atoms with Gasteiger partial charge in [0, 0.05) is 49.9 Å². The largest absolute Gasteiger partial charge is 0.335 e. The summed E-state index contributed by atoms with van der Waals surface area (Å²) in [5.41, 5.74) is -0.488. The number of benzene rings is 2. The lowest BCUT2D eigenvalue weighted by atomic mass is 10.1. The van der Waals surface area contributed by atoms with Gasteiger partial charge < -0.3 is 9.80 Å². The van der Waals surface area contributed by atoms with E-state index in [1.165, 1.54) is 11.0 Å². The van der Waals surface area contributed by atoms with E-state index in [1.54, 1.807) is 23.1 Å². The van der Waals surface area contributed by atoms with Crippen LogP contribution in [0.3, 0.4) is 0 Å². The molecule has 1 aliphatic rings. The van der Waals surface area contributed by atoms with Gasteiger partial charge in [-0.25, -0.2) is 13.5 Å². The van der Waals surface area contributed by atoms with Gasteiger partial charge in [0.2, 0.25) is 0 Å². The van der Waals surface area contributed by atoms with Crippen molar-refractivity contribution < 1.29 is 18.4 Å². The number of H-pyrrole nitrogens is 1. The number of piperazine rings is 1. The van der Waals surface area contributed by atoms with E-state index in [2.05, 4.69) is 5.10 Å². The van der Waals surface area contributed by atoms with Crippen molar-refractivity contribution in [3.8, 4) is 5.69 Å². The third-order valence-electron chi connectivity index (χ3n) is 5.19. The minimum Gasteiger partial charge on any atom is -0.335 e. The molecule has 2 amide bonds. The summed E-state index contributed by atoms with van der Waals surface area (Å²) in [6.45, 7) is 0.818. The molecule has 8 nitrogen and oxygen atoms in total. The Labute approximate surface area is 180 Å². The van der Waals surface area contributed by atoms with E-state index in [1.807, 2.05) is 0 Å². The van der Waals surface area contributed by atoms with Crippen LogP contribution in [0.4, 0.5) is 8.78 Å². The van der Waals surface area contributed by atoms with Gasteiger partial charge in [0.1, 0.15) is 11.6 Å². The van der Waals surface area contributed by atoms with Crippen LogP contribution in [0.1, 0.15) is 20.7 Å². The first-order valence-corrected chi connectivity index (χ1v) is 9.80. The van der Waals surface area contributed by atoms with Crippen LogP contribution in [0.25, 0.3) is 5.69 Å². The maximum atomic E-state index is 13.9. The molecule has 0 radical (unpaired) electrons. The standard InChI is InChI=1S/C22H18F2N4O4/c23-15-4-5-17(18(24)13-15)22(32)27-10-8-26(9-11-27)21(31)14-2-1-3-16(12-14)28-20(30)7-6-19(29)25-28/h1-7,12-13H,8-11H2,(H,25,29). The third kappa shape index (κ3) is 4.20. The number of rotatable bonds is 3. The van der Waals surface area contributed by atoms with Gasteiger partial charge in [0.15, 0.2) is 0 Å². The maximum absolute atomic E-state index is 13.9. The minimum atomic E-state index is -0.931. The van der Waals surface area contributed by atoms with E-state index in [-0.39, 0.29) is 37.6 Å². The Balaban J connectivity index is 1.47. The Hall–Kier alpha value is -4.08. The molecule has 0 saturated carbocycles. The molecule has 1 saturated heterocycles. The number of carbonyl (C=O) groups is 2. The lowest BCUT2D eigenvalue weighted by Gasteiger charge is -2.35. The SMILES string of the molecule is O=C(c1cccc(-n2[nH]c(=O)ccc2=O)c1)N1CCN(C(=O)c2ccc(F)cc2F)CC1. The second-order valence-electron chi connectivity index (χ2n) is 7.24. The Kier molecular flexibility index (Phi) is 5.67. The number of carbonyl (C=O) groups excluding carboxylic acids is 2. The highest BCUT2D eigenvalue weighted by Crippen LogP contribution is 2.16. The van der Waals surface area contributed by atoms with Crippen molar-refractivity contribution in [3.63, 3.8) is 0 Å². The molecule has 164 valence electrons. The summed E-state index contributed by atoms with van der Waals surface area (Å²) in [5, 5.41) is 2.40. The van der Waals surface area contributed by atoms with Gasteiger partial charge in [-0.1, -0.05) is 6.07 Å². The summed E-state index contributed by atoms with van der Waals surface area (Å²) in [5.74, 6) is -2.57. The summed E-state index contributed by atoms with van der Waals surface area (Å²) in [4.78, 5) is 52.0. The van der Waals surface area contributed by atoms with E-state index in [4.69, 9.17) is 0 Å². The molecule has 10 heteroatoms. The van der Waals surface area contributed by atoms with Crippen molar-refractivity contribution >= 4 is 11.8 Å². The van der Waals surface area contributed by atoms with Crippen LogP contribution in [0, 0.1) is 11.6 Å². The Morgan fingerprint density at radius 2 is 1.50 bits per heavy atom. The highest BCUT2D eigenvalue weighted by atomic mass is 19.1. The van der Waals surface area contributed by atoms with E-state index in [0.717, 1.165) is 28.9 Å². The fourth-order valence-electron chi connectivity index (χ4n) is 3.52. The van der Waals surface area contributed by atoms with Crippen LogP contribution in [0.15, 0.2) is 64.2 Å². The average molecular weight is 440 g/mol. The van der Waals surface area contributed by atoms with Crippen LogP contribution in [-0.2, 0) is 0 Å². The van der Waals surface area contributed by atoms with Gasteiger partial charge in [0.25, 0.3) is 22.9 Å². The molecule has 0 spiro atoms. The number of halogens is 2. The zero-order valence-electron chi connectivity index (χ0n) is 16.8. The van der Waals surface area contributed by atoms with Crippen molar-refractivity contribution in [2.45, 2.75) is 0 Å². The van der Waals surface area contributed by atoms with Crippen molar-refractivity contribution in [2.24, 2.45) is 0 Å². The average Bonchev–Trinajstić information content (AvgIpc) is 2.80. The molecule has 2 heterocycles. The molecule has 1 aliphatic heterocycles. The first kappa shape index (κ1) is 21.2. The number of hydrogen-bond acceptors (Lipinski definition) is 4. The fourth-order valence-corrected chi connectivity index (χ4v) is 3.52. The quantitative estimate of drug-likeness (QED) is 0.666. The van der Waals surface area contributed by atoms with Gasteiger partial charge in [-0.15, -0.1) is 0 Å². The van der Waals surface area contributed by atoms with Gasteiger partial charge in [-0.2, -0.15) is 0 Å². The zero-order valence-corrected chi connectivity index (χ0v) is 16.8. The summed E-state index contributed by atoms with van der Waals surface area (Å²) in [6, 6.07) is 11.3. The third-order valence-corrected chi connectivity index (χ3v) is 5.19. The molecular weight excluding hydrogens is 422 g/mol. The Bertz CT molecular complexity index is 1310. The predicted molar refractivity (Wildman–Crippen MR) is 111 cm³/mol. The normalized spacial score (nSPS) is 13.8. The fraction of sp³-hybridized carbons (Fsp3) is 0.182. The summed E-state index contributed by atoms with van der Waals surface area (Å²) in [6.07, 6.45) is 0. The topological polar surface area (TPSA) is 95.5 Å². The lowest BCUT2D eigenvalue weighted by molar-refractivity contribution is 0.0532. The van der Waals surface area contributed by atoms with Crippen molar-refractivity contribution in [3.05, 3.63) is 98.1 Å². The molecule has 0 aliphatic carbocycles. The van der Waals surface area contributed by atoms with Crippen LogP contribution in [-0.4, -0.2) is 57.6 Å². The van der Waals surface area contributed by atoms with Gasteiger partial charge in [-0.3, -0.25) is 24.3 Å². The molecule has 1 N–H and O–H groups in total. The first-order valence-electron chi connectivity index (χ1n) is 9.80. The molecule has 3 aromatic rings. The highest BCUT2D eigenvalue weighted by Gasteiger charge is 2.27. The van der Waals surface area contributed by atoms with E-state index in [9.17, 15) is 28.0 Å². The maximum Gasteiger partial charge on any atom is 0.269 e. The summed E-state index contributed by atoms with van der Waals surface area (Å²) >= 11 is 0. The predicted octanol–water partition coefficient (Wildman–Crippen LogP) is 1.40. The molecule has 1 aromatic heterocycles. The summed E-state index contributed by atoms with van der Waals surface area (Å²) in [7, 11) is 0. The molecule has 4 rings (SSSR count). The summed E-state index contributed by atoms with van der Waals surface area (Å²) < 4.78 is 28.1. The number of hydrogen-bond donors (Lipinski definition) is 1. The van der Waals surface area contributed by atoms with E-state index >= 15 is 0 Å². The van der Waals surface area contributed by atoms with Gasteiger partial charge in [0.05, 0.1) is 11.3 Å². The molecular formula is C22H18F2N4O4. The van der Waals surface area contributed by atoms with Crippen LogP contribution in [0.5, 0.6) is 0 Å². The van der Waals surface area contributed by atoms with Crippen molar-refractivity contribution in [2.75, 3.05) is 26.2 Å². The Morgan fingerprint density at radius 3 is 2.19 bits per heavy atom. The number of amides is 2. The number of nitrogens with one attached hydrogen (secondary N) is 1. The number of aromatic amines is 1. The second kappa shape index (κ2) is 8.58. The minimum absolute atomic E-state index is 0.187. The second-order valence-corrected chi connectivity index (χ2v) is 7.24. The van der Waals surface area contributed by atoms with Crippen LogP contribution >= 0.6 is 0 Å². The molecule has 0 unspecified atom stereocenters. The van der Waals surface area contributed by atoms with E-state index < -0.39 is 28.7 Å². The van der Waals surface area contributed by atoms with E-state index in [0.29, 0.717) is 17.3 Å². The number of nitrogens with zero attached hydrogens (tertiary/aromatic N) is 3. The first-order chi connectivity index (χ1) is 15.3. The van der Waals surface area contributed by atoms with Gasteiger partial charge >= 0.3 is 0 Å².